The molecule has 2 aromatic carbocycles. The van der Waals surface area contributed by atoms with Gasteiger partial charge in [-0.3, -0.25) is 9.59 Å². The number of rotatable bonds is 7. The molecule has 2 rings (SSSR count). The van der Waals surface area contributed by atoms with E-state index in [1.165, 1.54) is 0 Å². The van der Waals surface area contributed by atoms with Crippen LogP contribution in [0.25, 0.3) is 0 Å². The van der Waals surface area contributed by atoms with E-state index in [1.54, 1.807) is 18.2 Å². The molecule has 0 spiro atoms. The Bertz CT molecular complexity index is 719. The predicted octanol–water partition coefficient (Wildman–Crippen LogP) is 2.45. The molecule has 0 radical (unpaired) electrons. The molecule has 0 aliphatic rings. The van der Waals surface area contributed by atoms with Crippen LogP contribution in [-0.2, 0) is 16.1 Å². The molecule has 0 heterocycles. The largest absolute Gasteiger partial charge is 0.374 e. The summed E-state index contributed by atoms with van der Waals surface area (Å²) >= 11 is 6.01. The SMILES string of the molecule is Cc1ccc(C(=O)NC(COCc2ccccc2)C(N)=O)cc1Cl. The maximum absolute atomic E-state index is 12.2. The smallest absolute Gasteiger partial charge is 0.252 e. The first-order valence-electron chi connectivity index (χ1n) is 7.45. The fraction of sp³-hybridized carbons (Fsp3) is 0.222. The second-order valence-corrected chi connectivity index (χ2v) is 5.80. The number of carbonyl (C=O) groups is 2. The average Bonchev–Trinajstić information content (AvgIpc) is 2.57. The molecule has 24 heavy (non-hydrogen) atoms. The van der Waals surface area contributed by atoms with Crippen molar-refractivity contribution in [2.75, 3.05) is 6.61 Å². The molecule has 0 saturated carbocycles. The summed E-state index contributed by atoms with van der Waals surface area (Å²) in [5.41, 5.74) is 7.53. The van der Waals surface area contributed by atoms with Crippen LogP contribution in [0.3, 0.4) is 0 Å². The first-order chi connectivity index (χ1) is 11.5. The highest BCUT2D eigenvalue weighted by molar-refractivity contribution is 6.31. The molecule has 3 N–H and O–H groups in total. The number of hydrogen-bond donors (Lipinski definition) is 2. The summed E-state index contributed by atoms with van der Waals surface area (Å²) in [7, 11) is 0. The normalized spacial score (nSPS) is 11.8. The van der Waals surface area contributed by atoms with Crippen LogP contribution in [0.5, 0.6) is 0 Å². The van der Waals surface area contributed by atoms with Crippen LogP contribution in [0.4, 0.5) is 0 Å². The number of nitrogens with two attached hydrogens (primary N) is 1. The van der Waals surface area contributed by atoms with E-state index in [9.17, 15) is 9.59 Å². The molecule has 0 bridgehead atoms. The van der Waals surface area contributed by atoms with E-state index in [1.807, 2.05) is 37.3 Å². The molecular weight excluding hydrogens is 328 g/mol. The Balaban J connectivity index is 1.93. The zero-order valence-corrected chi connectivity index (χ0v) is 14.0. The van der Waals surface area contributed by atoms with Gasteiger partial charge in [0.1, 0.15) is 6.04 Å². The standard InChI is InChI=1S/C18H19ClN2O3/c1-12-7-8-14(9-15(12)19)18(23)21-16(17(20)22)11-24-10-13-5-3-2-4-6-13/h2-9,16H,10-11H2,1H3,(H2,20,22)(H,21,23). The van der Waals surface area contributed by atoms with Crippen molar-refractivity contribution in [3.63, 3.8) is 0 Å². The van der Waals surface area contributed by atoms with Crippen molar-refractivity contribution >= 4 is 23.4 Å². The van der Waals surface area contributed by atoms with Crippen LogP contribution in [0, 0.1) is 6.92 Å². The predicted molar refractivity (Wildman–Crippen MR) is 92.7 cm³/mol. The van der Waals surface area contributed by atoms with Crippen LogP contribution < -0.4 is 11.1 Å². The molecule has 1 atom stereocenters. The summed E-state index contributed by atoms with van der Waals surface area (Å²) < 4.78 is 5.48. The average molecular weight is 347 g/mol. The van der Waals surface area contributed by atoms with Crippen LogP contribution in [0.15, 0.2) is 48.5 Å². The van der Waals surface area contributed by atoms with Gasteiger partial charge < -0.3 is 15.8 Å². The number of primary amides is 1. The summed E-state index contributed by atoms with van der Waals surface area (Å²) in [4.78, 5) is 23.8. The molecule has 0 aliphatic carbocycles. The van der Waals surface area contributed by atoms with Crippen molar-refractivity contribution in [2.24, 2.45) is 5.73 Å². The van der Waals surface area contributed by atoms with Gasteiger partial charge in [0, 0.05) is 10.6 Å². The lowest BCUT2D eigenvalue weighted by molar-refractivity contribution is -0.121. The molecule has 0 aromatic heterocycles. The maximum Gasteiger partial charge on any atom is 0.252 e. The highest BCUT2D eigenvalue weighted by atomic mass is 35.5. The van der Waals surface area contributed by atoms with Crippen molar-refractivity contribution in [1.82, 2.24) is 5.32 Å². The van der Waals surface area contributed by atoms with Gasteiger partial charge in [0.15, 0.2) is 0 Å². The molecule has 1 unspecified atom stereocenters. The van der Waals surface area contributed by atoms with Crippen LogP contribution in [0.2, 0.25) is 5.02 Å². The lowest BCUT2D eigenvalue weighted by Gasteiger charge is -2.16. The highest BCUT2D eigenvalue weighted by Gasteiger charge is 2.19. The number of ether oxygens (including phenoxy) is 1. The van der Waals surface area contributed by atoms with E-state index in [0.29, 0.717) is 17.2 Å². The van der Waals surface area contributed by atoms with Gasteiger partial charge >= 0.3 is 0 Å². The van der Waals surface area contributed by atoms with Gasteiger partial charge in [-0.05, 0) is 30.2 Å². The van der Waals surface area contributed by atoms with Crippen molar-refractivity contribution < 1.29 is 14.3 Å². The molecule has 0 aliphatic heterocycles. The summed E-state index contributed by atoms with van der Waals surface area (Å²) in [6, 6.07) is 13.5. The Labute approximate surface area is 145 Å². The van der Waals surface area contributed by atoms with E-state index < -0.39 is 17.9 Å². The molecule has 6 heteroatoms. The van der Waals surface area contributed by atoms with E-state index in [0.717, 1.165) is 11.1 Å². The number of aryl methyl sites for hydroxylation is 1. The summed E-state index contributed by atoms with van der Waals surface area (Å²) in [5, 5.41) is 3.05. The number of hydrogen-bond acceptors (Lipinski definition) is 3. The monoisotopic (exact) mass is 346 g/mol. The van der Waals surface area contributed by atoms with Crippen molar-refractivity contribution in [1.29, 1.82) is 0 Å². The second kappa shape index (κ2) is 8.47. The lowest BCUT2D eigenvalue weighted by atomic mass is 10.1. The second-order valence-electron chi connectivity index (χ2n) is 5.39. The van der Waals surface area contributed by atoms with Crippen LogP contribution >= 0.6 is 11.6 Å². The topological polar surface area (TPSA) is 81.4 Å². The fourth-order valence-corrected chi connectivity index (χ4v) is 2.22. The van der Waals surface area contributed by atoms with Crippen molar-refractivity contribution in [3.8, 4) is 0 Å². The van der Waals surface area contributed by atoms with E-state index in [4.69, 9.17) is 22.1 Å². The minimum Gasteiger partial charge on any atom is -0.374 e. The fourth-order valence-electron chi connectivity index (χ4n) is 2.04. The zero-order valence-electron chi connectivity index (χ0n) is 13.3. The minimum atomic E-state index is -0.915. The molecule has 2 amide bonds. The summed E-state index contributed by atoms with van der Waals surface area (Å²) in [6.45, 7) is 2.17. The third kappa shape index (κ3) is 5.08. The van der Waals surface area contributed by atoms with Crippen molar-refractivity contribution in [2.45, 2.75) is 19.6 Å². The Hall–Kier alpha value is -2.37. The lowest BCUT2D eigenvalue weighted by Crippen LogP contribution is -2.47. The first kappa shape index (κ1) is 18.0. The van der Waals surface area contributed by atoms with Crippen LogP contribution in [-0.4, -0.2) is 24.5 Å². The maximum atomic E-state index is 12.2. The molecule has 126 valence electrons. The van der Waals surface area contributed by atoms with Gasteiger partial charge in [-0.2, -0.15) is 0 Å². The molecule has 5 nitrogen and oxygen atoms in total. The van der Waals surface area contributed by atoms with E-state index in [2.05, 4.69) is 5.32 Å². The van der Waals surface area contributed by atoms with Gasteiger partial charge in [-0.15, -0.1) is 0 Å². The minimum absolute atomic E-state index is 0.00440. The zero-order chi connectivity index (χ0) is 17.5. The quantitative estimate of drug-likeness (QED) is 0.808. The third-order valence-electron chi connectivity index (χ3n) is 3.48. The number of carbonyl (C=O) groups excluding carboxylic acids is 2. The highest BCUT2D eigenvalue weighted by Crippen LogP contribution is 2.16. The molecule has 0 fully saturated rings. The first-order valence-corrected chi connectivity index (χ1v) is 7.83. The van der Waals surface area contributed by atoms with Gasteiger partial charge in [-0.25, -0.2) is 0 Å². The van der Waals surface area contributed by atoms with Gasteiger partial charge in [0.25, 0.3) is 5.91 Å². The number of amides is 2. The third-order valence-corrected chi connectivity index (χ3v) is 3.89. The Kier molecular flexibility index (Phi) is 6.35. The summed E-state index contributed by atoms with van der Waals surface area (Å²) in [5.74, 6) is -1.08. The molecular formula is C18H19ClN2O3. The number of nitrogens with one attached hydrogen (secondary N) is 1. The number of halogens is 1. The summed E-state index contributed by atoms with van der Waals surface area (Å²) in [6.07, 6.45) is 0. The van der Waals surface area contributed by atoms with Gasteiger partial charge in [0.2, 0.25) is 5.91 Å². The van der Waals surface area contributed by atoms with E-state index >= 15 is 0 Å². The van der Waals surface area contributed by atoms with E-state index in [-0.39, 0.29) is 6.61 Å². The number of benzene rings is 2. The Morgan fingerprint density at radius 1 is 1.21 bits per heavy atom. The Morgan fingerprint density at radius 2 is 1.92 bits per heavy atom. The van der Waals surface area contributed by atoms with Crippen LogP contribution in [0.1, 0.15) is 21.5 Å². The Morgan fingerprint density at radius 3 is 2.54 bits per heavy atom. The van der Waals surface area contributed by atoms with Gasteiger partial charge in [0.05, 0.1) is 13.2 Å². The van der Waals surface area contributed by atoms with Crippen molar-refractivity contribution in [3.05, 3.63) is 70.2 Å². The molecule has 0 saturated heterocycles. The van der Waals surface area contributed by atoms with Gasteiger partial charge in [-0.1, -0.05) is 48.0 Å². The molecule has 2 aromatic rings.